The minimum absolute atomic E-state index is 0.151. The van der Waals surface area contributed by atoms with Crippen LogP contribution in [0.25, 0.3) is 0 Å². The van der Waals surface area contributed by atoms with E-state index in [0.717, 1.165) is 21.9 Å². The van der Waals surface area contributed by atoms with E-state index < -0.39 is 22.0 Å². The monoisotopic (exact) mass is 458 g/mol. The van der Waals surface area contributed by atoms with Crippen molar-refractivity contribution in [3.8, 4) is 5.75 Å². The van der Waals surface area contributed by atoms with E-state index in [9.17, 15) is 13.2 Å². The first-order valence-electron chi connectivity index (χ1n) is 9.02. The van der Waals surface area contributed by atoms with Crippen molar-refractivity contribution in [3.05, 3.63) is 58.1 Å². The predicted octanol–water partition coefficient (Wildman–Crippen LogP) is 4.42. The summed E-state index contributed by atoms with van der Waals surface area (Å²) in [6.07, 6.45) is 1.02. The molecule has 2 aromatic rings. The van der Waals surface area contributed by atoms with Crippen LogP contribution in [0.5, 0.6) is 5.75 Å². The highest BCUT2D eigenvalue weighted by Gasteiger charge is 2.31. The molecule has 0 saturated heterocycles. The van der Waals surface area contributed by atoms with Gasteiger partial charge in [0.25, 0.3) is 0 Å². The van der Waals surface area contributed by atoms with Crippen molar-refractivity contribution < 1.29 is 17.9 Å². The number of ether oxygens (including phenoxy) is 1. The zero-order valence-electron chi connectivity index (χ0n) is 16.6. The molecule has 2 rings (SSSR count). The average Bonchev–Trinajstić information content (AvgIpc) is 2.64. The van der Waals surface area contributed by atoms with Crippen LogP contribution in [-0.2, 0) is 14.8 Å². The van der Waals surface area contributed by atoms with Gasteiger partial charge in [0.1, 0.15) is 11.8 Å². The van der Waals surface area contributed by atoms with E-state index in [0.29, 0.717) is 11.6 Å². The Hall–Kier alpha value is -1.96. The Labute approximate surface area is 181 Å². The van der Waals surface area contributed by atoms with E-state index in [1.54, 1.807) is 6.07 Å². The number of halogens is 2. The molecule has 0 radical (unpaired) electrons. The number of nitrogens with zero attached hydrogens (tertiary/aromatic N) is 1. The Morgan fingerprint density at radius 1 is 1.14 bits per heavy atom. The molecular weight excluding hydrogens is 435 g/mol. The van der Waals surface area contributed by atoms with Gasteiger partial charge in [-0.3, -0.25) is 9.10 Å². The van der Waals surface area contributed by atoms with E-state index in [1.807, 2.05) is 38.1 Å². The number of sulfonamides is 1. The topological polar surface area (TPSA) is 75.7 Å². The molecule has 0 bridgehead atoms. The van der Waals surface area contributed by atoms with Gasteiger partial charge in [0, 0.05) is 5.02 Å². The Morgan fingerprint density at radius 2 is 1.76 bits per heavy atom. The van der Waals surface area contributed by atoms with Crippen LogP contribution in [0.15, 0.2) is 42.5 Å². The van der Waals surface area contributed by atoms with Gasteiger partial charge in [0.2, 0.25) is 15.9 Å². The van der Waals surface area contributed by atoms with Gasteiger partial charge >= 0.3 is 0 Å². The van der Waals surface area contributed by atoms with Gasteiger partial charge in [0.15, 0.2) is 0 Å². The van der Waals surface area contributed by atoms with E-state index >= 15 is 0 Å². The lowest BCUT2D eigenvalue weighted by Crippen LogP contribution is -2.48. The van der Waals surface area contributed by atoms with Crippen LogP contribution in [-0.4, -0.2) is 33.2 Å². The smallest absolute Gasteiger partial charge is 0.244 e. The summed E-state index contributed by atoms with van der Waals surface area (Å²) in [4.78, 5) is 12.8. The Bertz CT molecular complexity index is 965. The molecule has 1 amide bonds. The summed E-state index contributed by atoms with van der Waals surface area (Å²) in [5.74, 6) is 0.273. The van der Waals surface area contributed by atoms with Gasteiger partial charge in [-0.15, -0.1) is 0 Å². The van der Waals surface area contributed by atoms with Crippen molar-refractivity contribution in [2.24, 2.45) is 0 Å². The molecule has 2 aromatic carbocycles. The lowest BCUT2D eigenvalue weighted by atomic mass is 10.1. The van der Waals surface area contributed by atoms with E-state index in [4.69, 9.17) is 27.9 Å². The van der Waals surface area contributed by atoms with Gasteiger partial charge in [-0.05, 0) is 56.7 Å². The molecule has 0 saturated carbocycles. The average molecular weight is 459 g/mol. The second-order valence-electron chi connectivity index (χ2n) is 6.56. The SMILES string of the molecule is CCOc1ccc([C@H](C)NC(=O)[C@@H](C)N(c2cc(Cl)ccc2Cl)S(C)(=O)=O)cc1. The molecule has 0 aliphatic heterocycles. The summed E-state index contributed by atoms with van der Waals surface area (Å²) in [7, 11) is -3.80. The highest BCUT2D eigenvalue weighted by Crippen LogP contribution is 2.32. The Kier molecular flexibility index (Phi) is 7.80. The molecule has 0 fully saturated rings. The third-order valence-corrected chi connectivity index (χ3v) is 6.07. The summed E-state index contributed by atoms with van der Waals surface area (Å²) >= 11 is 12.2. The fourth-order valence-electron chi connectivity index (χ4n) is 2.87. The number of nitrogens with one attached hydrogen (secondary N) is 1. The molecule has 0 aliphatic carbocycles. The Balaban J connectivity index is 2.24. The van der Waals surface area contributed by atoms with Crippen LogP contribution in [0.3, 0.4) is 0 Å². The van der Waals surface area contributed by atoms with Crippen molar-refractivity contribution in [1.29, 1.82) is 0 Å². The fraction of sp³-hybridized carbons (Fsp3) is 0.350. The zero-order valence-corrected chi connectivity index (χ0v) is 19.0. The minimum atomic E-state index is -3.80. The van der Waals surface area contributed by atoms with Crippen molar-refractivity contribution in [2.75, 3.05) is 17.2 Å². The largest absolute Gasteiger partial charge is 0.494 e. The standard InChI is InChI=1S/C20H24Cl2N2O4S/c1-5-28-17-9-6-15(7-10-17)13(2)23-20(25)14(3)24(29(4,26)27)19-12-16(21)8-11-18(19)22/h6-14H,5H2,1-4H3,(H,23,25)/t13-,14+/m0/s1. The molecule has 158 valence electrons. The molecule has 0 aliphatic rings. The van der Waals surface area contributed by atoms with Crippen LogP contribution in [0.4, 0.5) is 5.69 Å². The third-order valence-electron chi connectivity index (χ3n) is 4.28. The maximum absolute atomic E-state index is 12.8. The highest BCUT2D eigenvalue weighted by molar-refractivity contribution is 7.92. The molecule has 0 heterocycles. The summed E-state index contributed by atoms with van der Waals surface area (Å²) in [5.41, 5.74) is 1.01. The molecule has 29 heavy (non-hydrogen) atoms. The number of rotatable bonds is 8. The number of hydrogen-bond donors (Lipinski definition) is 1. The van der Waals surface area contributed by atoms with Crippen molar-refractivity contribution in [1.82, 2.24) is 5.32 Å². The first-order chi connectivity index (χ1) is 13.5. The number of hydrogen-bond acceptors (Lipinski definition) is 4. The summed E-state index contributed by atoms with van der Waals surface area (Å²) in [6, 6.07) is 10.4. The molecule has 9 heteroatoms. The number of benzene rings is 2. The normalized spacial score (nSPS) is 13.4. The summed E-state index contributed by atoms with van der Waals surface area (Å²) in [6.45, 7) is 5.78. The van der Waals surface area contributed by atoms with E-state index in [1.165, 1.54) is 19.1 Å². The van der Waals surface area contributed by atoms with Crippen LogP contribution in [0, 0.1) is 0 Å². The highest BCUT2D eigenvalue weighted by atomic mass is 35.5. The van der Waals surface area contributed by atoms with Crippen molar-refractivity contribution >= 4 is 44.8 Å². The quantitative estimate of drug-likeness (QED) is 0.634. The Morgan fingerprint density at radius 3 is 2.31 bits per heavy atom. The lowest BCUT2D eigenvalue weighted by Gasteiger charge is -2.30. The number of anilines is 1. The zero-order chi connectivity index (χ0) is 21.8. The number of amides is 1. The van der Waals surface area contributed by atoms with Crippen LogP contribution < -0.4 is 14.4 Å². The van der Waals surface area contributed by atoms with E-state index in [-0.39, 0.29) is 16.8 Å². The first-order valence-corrected chi connectivity index (χ1v) is 11.6. The van der Waals surface area contributed by atoms with E-state index in [2.05, 4.69) is 5.32 Å². The van der Waals surface area contributed by atoms with Crippen LogP contribution in [0.2, 0.25) is 10.0 Å². The van der Waals surface area contributed by atoms with Gasteiger partial charge in [-0.2, -0.15) is 0 Å². The third kappa shape index (κ3) is 6.01. The summed E-state index contributed by atoms with van der Waals surface area (Å²) in [5, 5.41) is 3.33. The van der Waals surface area contributed by atoms with Gasteiger partial charge < -0.3 is 10.1 Å². The van der Waals surface area contributed by atoms with Crippen molar-refractivity contribution in [2.45, 2.75) is 32.9 Å². The molecular formula is C20H24Cl2N2O4S. The van der Waals surface area contributed by atoms with Crippen LogP contribution >= 0.6 is 23.2 Å². The molecule has 2 atom stereocenters. The molecule has 1 N–H and O–H groups in total. The second-order valence-corrected chi connectivity index (χ2v) is 9.27. The summed E-state index contributed by atoms with van der Waals surface area (Å²) < 4.78 is 31.2. The number of carbonyl (C=O) groups excluding carboxylic acids is 1. The lowest BCUT2D eigenvalue weighted by molar-refractivity contribution is -0.122. The maximum Gasteiger partial charge on any atom is 0.244 e. The van der Waals surface area contributed by atoms with Crippen LogP contribution in [0.1, 0.15) is 32.4 Å². The first kappa shape index (κ1) is 23.3. The predicted molar refractivity (Wildman–Crippen MR) is 117 cm³/mol. The molecule has 0 aromatic heterocycles. The molecule has 0 unspecified atom stereocenters. The van der Waals surface area contributed by atoms with Gasteiger partial charge in [-0.1, -0.05) is 35.3 Å². The molecule has 0 spiro atoms. The minimum Gasteiger partial charge on any atom is -0.494 e. The second kappa shape index (κ2) is 9.69. The fourth-order valence-corrected chi connectivity index (χ4v) is 4.48. The maximum atomic E-state index is 12.8. The van der Waals surface area contributed by atoms with Crippen molar-refractivity contribution in [3.63, 3.8) is 0 Å². The van der Waals surface area contributed by atoms with Gasteiger partial charge in [-0.25, -0.2) is 8.42 Å². The van der Waals surface area contributed by atoms with Gasteiger partial charge in [0.05, 0.1) is 29.6 Å². The number of carbonyl (C=O) groups is 1. The molecule has 6 nitrogen and oxygen atoms in total.